The summed E-state index contributed by atoms with van der Waals surface area (Å²) in [6.45, 7) is 2.36. The minimum atomic E-state index is -0.761. The van der Waals surface area contributed by atoms with Crippen LogP contribution in [0.4, 0.5) is 0 Å². The first-order valence-electron chi connectivity index (χ1n) is 5.57. The van der Waals surface area contributed by atoms with Gasteiger partial charge in [0.15, 0.2) is 0 Å². The predicted octanol–water partition coefficient (Wildman–Crippen LogP) is 1.52. The molecule has 1 aliphatic rings. The molecule has 1 aromatic heterocycles. The topological polar surface area (TPSA) is 53.4 Å². The highest BCUT2D eigenvalue weighted by Crippen LogP contribution is 2.29. The maximum atomic E-state index is 11.0. The van der Waals surface area contributed by atoms with Crippen LogP contribution in [0, 0.1) is 0 Å². The van der Waals surface area contributed by atoms with Gasteiger partial charge >= 0.3 is 5.97 Å². The lowest BCUT2D eigenvalue weighted by atomic mass is 10.2. The number of hydrogen-bond donors (Lipinski definition) is 1. The third-order valence-electron chi connectivity index (χ3n) is 2.94. The third kappa shape index (κ3) is 2.58. The van der Waals surface area contributed by atoms with Crippen LogP contribution in [0.15, 0.2) is 24.4 Å². The van der Waals surface area contributed by atoms with Gasteiger partial charge in [-0.3, -0.25) is 14.7 Å². The number of carboxylic acid groups (broad SMARTS) is 1. The Kier molecular flexibility index (Phi) is 3.19. The molecule has 86 valence electrons. The van der Waals surface area contributed by atoms with Crippen LogP contribution in [0.5, 0.6) is 0 Å². The van der Waals surface area contributed by atoms with E-state index in [0.717, 1.165) is 18.5 Å². The quantitative estimate of drug-likeness (QED) is 0.817. The van der Waals surface area contributed by atoms with Gasteiger partial charge in [-0.1, -0.05) is 6.07 Å². The standard InChI is InChI=1S/C12H16N2O2/c1-9(12(15)16)14(11-5-6-11)8-10-4-2-3-7-13-10/h2-4,7,9,11H,5-6,8H2,1H3,(H,15,16). The van der Waals surface area contributed by atoms with Crippen LogP contribution in [0.2, 0.25) is 0 Å². The molecule has 1 saturated carbocycles. The Hall–Kier alpha value is -1.42. The van der Waals surface area contributed by atoms with Crippen LogP contribution in [-0.4, -0.2) is 33.0 Å². The average molecular weight is 220 g/mol. The molecule has 1 aromatic rings. The number of rotatable bonds is 5. The second kappa shape index (κ2) is 4.61. The molecule has 2 rings (SSSR count). The van der Waals surface area contributed by atoms with Crippen molar-refractivity contribution in [2.24, 2.45) is 0 Å². The SMILES string of the molecule is CC(C(=O)O)N(Cc1ccccn1)C1CC1. The molecule has 0 spiro atoms. The summed E-state index contributed by atoms with van der Waals surface area (Å²) in [5.74, 6) is -0.761. The van der Waals surface area contributed by atoms with Gasteiger partial charge in [-0.2, -0.15) is 0 Å². The lowest BCUT2D eigenvalue weighted by molar-refractivity contribution is -0.143. The lowest BCUT2D eigenvalue weighted by Crippen LogP contribution is -2.40. The number of carboxylic acids is 1. The lowest BCUT2D eigenvalue weighted by Gasteiger charge is -2.25. The molecule has 0 amide bonds. The second-order valence-electron chi connectivity index (χ2n) is 4.24. The van der Waals surface area contributed by atoms with Gasteiger partial charge < -0.3 is 5.11 Å². The molecule has 4 heteroatoms. The van der Waals surface area contributed by atoms with Gasteiger partial charge in [0.1, 0.15) is 6.04 Å². The van der Waals surface area contributed by atoms with E-state index in [0.29, 0.717) is 12.6 Å². The molecule has 16 heavy (non-hydrogen) atoms. The van der Waals surface area contributed by atoms with Crippen molar-refractivity contribution in [2.45, 2.75) is 38.4 Å². The molecule has 0 aromatic carbocycles. The van der Waals surface area contributed by atoms with Gasteiger partial charge in [-0.15, -0.1) is 0 Å². The van der Waals surface area contributed by atoms with Crippen molar-refractivity contribution >= 4 is 5.97 Å². The first-order chi connectivity index (χ1) is 7.68. The van der Waals surface area contributed by atoms with E-state index in [1.807, 2.05) is 23.1 Å². The fourth-order valence-electron chi connectivity index (χ4n) is 1.81. The van der Waals surface area contributed by atoms with Gasteiger partial charge in [-0.05, 0) is 31.9 Å². The van der Waals surface area contributed by atoms with E-state index in [4.69, 9.17) is 5.11 Å². The first kappa shape index (κ1) is 11.1. The number of nitrogens with zero attached hydrogens (tertiary/aromatic N) is 2. The average Bonchev–Trinajstić information content (AvgIpc) is 3.10. The largest absolute Gasteiger partial charge is 0.480 e. The Morgan fingerprint density at radius 1 is 1.62 bits per heavy atom. The summed E-state index contributed by atoms with van der Waals surface area (Å²) in [7, 11) is 0. The molecule has 1 fully saturated rings. The molecule has 1 aliphatic carbocycles. The monoisotopic (exact) mass is 220 g/mol. The summed E-state index contributed by atoms with van der Waals surface area (Å²) in [5.41, 5.74) is 0.933. The van der Waals surface area contributed by atoms with Gasteiger partial charge in [0.05, 0.1) is 5.69 Å². The number of pyridine rings is 1. The van der Waals surface area contributed by atoms with E-state index in [1.165, 1.54) is 0 Å². The number of aromatic nitrogens is 1. The number of aliphatic carboxylic acids is 1. The zero-order chi connectivity index (χ0) is 11.5. The molecule has 1 atom stereocenters. The highest BCUT2D eigenvalue weighted by molar-refractivity contribution is 5.73. The fourth-order valence-corrected chi connectivity index (χ4v) is 1.81. The normalized spacial score (nSPS) is 17.4. The van der Waals surface area contributed by atoms with Gasteiger partial charge in [-0.25, -0.2) is 0 Å². The van der Waals surface area contributed by atoms with E-state index < -0.39 is 12.0 Å². The molecule has 4 nitrogen and oxygen atoms in total. The molecule has 0 aliphatic heterocycles. The van der Waals surface area contributed by atoms with Crippen molar-refractivity contribution in [1.82, 2.24) is 9.88 Å². The Bertz CT molecular complexity index is 363. The Balaban J connectivity index is 2.06. The van der Waals surface area contributed by atoms with Crippen LogP contribution < -0.4 is 0 Å². The van der Waals surface area contributed by atoms with Gasteiger partial charge in [0.25, 0.3) is 0 Å². The Morgan fingerprint density at radius 2 is 2.38 bits per heavy atom. The van der Waals surface area contributed by atoms with E-state index in [1.54, 1.807) is 13.1 Å². The zero-order valence-electron chi connectivity index (χ0n) is 9.34. The van der Waals surface area contributed by atoms with Crippen molar-refractivity contribution in [3.05, 3.63) is 30.1 Å². The zero-order valence-corrected chi connectivity index (χ0v) is 9.34. The van der Waals surface area contributed by atoms with Gasteiger partial charge in [0.2, 0.25) is 0 Å². The number of carbonyl (C=O) groups is 1. The van der Waals surface area contributed by atoms with E-state index >= 15 is 0 Å². The van der Waals surface area contributed by atoms with Crippen LogP contribution in [0.1, 0.15) is 25.5 Å². The number of hydrogen-bond acceptors (Lipinski definition) is 3. The molecular formula is C12H16N2O2. The van der Waals surface area contributed by atoms with Crippen LogP contribution in [-0.2, 0) is 11.3 Å². The molecule has 0 bridgehead atoms. The van der Waals surface area contributed by atoms with Crippen LogP contribution >= 0.6 is 0 Å². The summed E-state index contributed by atoms with van der Waals surface area (Å²) in [6.07, 6.45) is 3.95. The van der Waals surface area contributed by atoms with E-state index in [-0.39, 0.29) is 0 Å². The highest BCUT2D eigenvalue weighted by atomic mass is 16.4. The maximum absolute atomic E-state index is 11.0. The highest BCUT2D eigenvalue weighted by Gasteiger charge is 2.35. The van der Waals surface area contributed by atoms with Crippen molar-refractivity contribution in [2.75, 3.05) is 0 Å². The van der Waals surface area contributed by atoms with Crippen LogP contribution in [0.3, 0.4) is 0 Å². The third-order valence-corrected chi connectivity index (χ3v) is 2.94. The van der Waals surface area contributed by atoms with E-state index in [9.17, 15) is 4.79 Å². The predicted molar refractivity (Wildman–Crippen MR) is 59.9 cm³/mol. The van der Waals surface area contributed by atoms with Crippen molar-refractivity contribution in [1.29, 1.82) is 0 Å². The summed E-state index contributed by atoms with van der Waals surface area (Å²) in [6, 6.07) is 5.72. The summed E-state index contributed by atoms with van der Waals surface area (Å²) < 4.78 is 0. The Labute approximate surface area is 94.9 Å². The molecule has 1 unspecified atom stereocenters. The van der Waals surface area contributed by atoms with Crippen molar-refractivity contribution in [3.63, 3.8) is 0 Å². The van der Waals surface area contributed by atoms with E-state index in [2.05, 4.69) is 4.98 Å². The van der Waals surface area contributed by atoms with Crippen molar-refractivity contribution in [3.8, 4) is 0 Å². The van der Waals surface area contributed by atoms with Gasteiger partial charge in [0, 0.05) is 18.8 Å². The maximum Gasteiger partial charge on any atom is 0.320 e. The second-order valence-corrected chi connectivity index (χ2v) is 4.24. The summed E-state index contributed by atoms with van der Waals surface area (Å²) >= 11 is 0. The first-order valence-corrected chi connectivity index (χ1v) is 5.57. The molecular weight excluding hydrogens is 204 g/mol. The summed E-state index contributed by atoms with van der Waals surface area (Å²) in [5, 5.41) is 9.05. The molecule has 0 saturated heterocycles. The van der Waals surface area contributed by atoms with Crippen LogP contribution in [0.25, 0.3) is 0 Å². The Morgan fingerprint density at radius 3 is 2.88 bits per heavy atom. The summed E-state index contributed by atoms with van der Waals surface area (Å²) in [4.78, 5) is 17.3. The molecule has 1 heterocycles. The van der Waals surface area contributed by atoms with Crippen molar-refractivity contribution < 1.29 is 9.90 Å². The molecule has 1 N–H and O–H groups in total. The fraction of sp³-hybridized carbons (Fsp3) is 0.500. The molecule has 0 radical (unpaired) electrons. The smallest absolute Gasteiger partial charge is 0.320 e. The minimum Gasteiger partial charge on any atom is -0.480 e. The minimum absolute atomic E-state index is 0.424.